The fourth-order valence-electron chi connectivity index (χ4n) is 2.08. The Labute approximate surface area is 109 Å². The van der Waals surface area contributed by atoms with Crippen molar-refractivity contribution in [1.82, 2.24) is 10.2 Å². The molecule has 4 nitrogen and oxygen atoms in total. The van der Waals surface area contributed by atoms with Crippen molar-refractivity contribution in [3.63, 3.8) is 0 Å². The first-order chi connectivity index (χ1) is 8.21. The van der Waals surface area contributed by atoms with Gasteiger partial charge in [-0.05, 0) is 19.7 Å². The molecular weight excluding hydrogens is 236 g/mol. The second-order valence-corrected chi connectivity index (χ2v) is 5.62. The molecule has 0 aromatic rings. The van der Waals surface area contributed by atoms with E-state index in [2.05, 4.69) is 24.1 Å². The summed E-state index contributed by atoms with van der Waals surface area (Å²) >= 11 is 1.71. The normalized spacial score (nSPS) is 25.8. The first kappa shape index (κ1) is 15.2. The second-order valence-electron chi connectivity index (χ2n) is 4.54. The fourth-order valence-corrected chi connectivity index (χ4v) is 2.73. The van der Waals surface area contributed by atoms with Gasteiger partial charge in [-0.25, -0.2) is 0 Å². The van der Waals surface area contributed by atoms with Gasteiger partial charge >= 0.3 is 0 Å². The molecule has 0 aromatic carbocycles. The molecule has 0 amide bonds. The molecule has 17 heavy (non-hydrogen) atoms. The van der Waals surface area contributed by atoms with Gasteiger partial charge in [0.05, 0.1) is 19.3 Å². The summed E-state index contributed by atoms with van der Waals surface area (Å²) < 4.78 is 5.73. The summed E-state index contributed by atoms with van der Waals surface area (Å²) in [6.07, 6.45) is 2.32. The summed E-state index contributed by atoms with van der Waals surface area (Å²) in [5.41, 5.74) is 0. The van der Waals surface area contributed by atoms with E-state index in [1.165, 1.54) is 0 Å². The zero-order chi connectivity index (χ0) is 12.7. The molecule has 102 valence electrons. The number of likely N-dealkylation sites (N-methyl/N-ethyl adjacent to an activating group) is 1. The molecular formula is C12H26N2O2S. The summed E-state index contributed by atoms with van der Waals surface area (Å²) in [7, 11) is 0. The van der Waals surface area contributed by atoms with Gasteiger partial charge < -0.3 is 15.2 Å². The van der Waals surface area contributed by atoms with Crippen LogP contribution in [0.4, 0.5) is 0 Å². The number of ether oxygens (including phenoxy) is 1. The Hall–Kier alpha value is 0.190. The third-order valence-electron chi connectivity index (χ3n) is 3.38. The summed E-state index contributed by atoms with van der Waals surface area (Å²) in [5, 5.41) is 12.9. The second kappa shape index (κ2) is 8.32. The summed E-state index contributed by atoms with van der Waals surface area (Å²) in [5.74, 6) is 0. The van der Waals surface area contributed by atoms with Crippen molar-refractivity contribution in [1.29, 1.82) is 0 Å². The van der Waals surface area contributed by atoms with Crippen LogP contribution in [0.3, 0.4) is 0 Å². The largest absolute Gasteiger partial charge is 0.395 e. The first-order valence-corrected chi connectivity index (χ1v) is 7.71. The maximum absolute atomic E-state index is 9.21. The number of hydrogen-bond acceptors (Lipinski definition) is 5. The van der Waals surface area contributed by atoms with E-state index < -0.39 is 0 Å². The van der Waals surface area contributed by atoms with Gasteiger partial charge in [0.2, 0.25) is 0 Å². The van der Waals surface area contributed by atoms with Gasteiger partial charge in [0.15, 0.2) is 0 Å². The molecule has 0 saturated carbocycles. The van der Waals surface area contributed by atoms with E-state index in [9.17, 15) is 5.11 Å². The zero-order valence-electron chi connectivity index (χ0n) is 11.2. The number of nitrogens with one attached hydrogen (secondary N) is 1. The molecule has 0 bridgehead atoms. The Balaban J connectivity index is 2.25. The van der Waals surface area contributed by atoms with Gasteiger partial charge in [-0.2, -0.15) is 11.8 Å². The van der Waals surface area contributed by atoms with Crippen LogP contribution in [0.2, 0.25) is 0 Å². The Bertz CT molecular complexity index is 203. The molecule has 1 rings (SSSR count). The van der Waals surface area contributed by atoms with Crippen LogP contribution in [-0.4, -0.2) is 73.1 Å². The monoisotopic (exact) mass is 262 g/mol. The highest BCUT2D eigenvalue weighted by molar-refractivity contribution is 7.99. The molecule has 3 atom stereocenters. The SMILES string of the molecule is CCN1CCOC(CNC(C)C(CO)SC)C1. The van der Waals surface area contributed by atoms with Crippen molar-refractivity contribution in [2.24, 2.45) is 0 Å². The quantitative estimate of drug-likeness (QED) is 0.696. The number of nitrogens with zero attached hydrogens (tertiary/aromatic N) is 1. The number of rotatable bonds is 7. The van der Waals surface area contributed by atoms with Crippen molar-refractivity contribution >= 4 is 11.8 Å². The van der Waals surface area contributed by atoms with E-state index >= 15 is 0 Å². The first-order valence-electron chi connectivity index (χ1n) is 6.42. The van der Waals surface area contributed by atoms with E-state index in [1.54, 1.807) is 11.8 Å². The van der Waals surface area contributed by atoms with Crippen LogP contribution in [0.1, 0.15) is 13.8 Å². The number of thioether (sulfide) groups is 1. The number of hydrogen-bond donors (Lipinski definition) is 2. The summed E-state index contributed by atoms with van der Waals surface area (Å²) in [6, 6.07) is 0.315. The molecule has 0 aromatic heterocycles. The van der Waals surface area contributed by atoms with Crippen LogP contribution < -0.4 is 5.32 Å². The van der Waals surface area contributed by atoms with Crippen molar-refractivity contribution in [2.45, 2.75) is 31.2 Å². The van der Waals surface area contributed by atoms with E-state index in [4.69, 9.17) is 4.74 Å². The fraction of sp³-hybridized carbons (Fsp3) is 1.00. The zero-order valence-corrected chi connectivity index (χ0v) is 12.0. The van der Waals surface area contributed by atoms with E-state index in [0.29, 0.717) is 6.04 Å². The number of aliphatic hydroxyl groups is 1. The maximum Gasteiger partial charge on any atom is 0.0826 e. The molecule has 0 spiro atoms. The predicted octanol–water partition coefficient (Wildman–Crippen LogP) is 0.409. The molecule has 0 radical (unpaired) electrons. The van der Waals surface area contributed by atoms with Crippen LogP contribution >= 0.6 is 11.8 Å². The molecule has 0 aliphatic carbocycles. The van der Waals surface area contributed by atoms with Crippen LogP contribution in [-0.2, 0) is 4.74 Å². The van der Waals surface area contributed by atoms with Gasteiger partial charge in [-0.3, -0.25) is 4.90 Å². The lowest BCUT2D eigenvalue weighted by Crippen LogP contribution is -2.49. The minimum absolute atomic E-state index is 0.224. The van der Waals surface area contributed by atoms with Crippen LogP contribution in [0.15, 0.2) is 0 Å². The average Bonchev–Trinajstić information content (AvgIpc) is 2.38. The smallest absolute Gasteiger partial charge is 0.0826 e. The Morgan fingerprint density at radius 3 is 2.94 bits per heavy atom. The van der Waals surface area contributed by atoms with Crippen LogP contribution in [0.5, 0.6) is 0 Å². The standard InChI is InChI=1S/C12H26N2O2S/c1-4-14-5-6-16-11(8-14)7-13-10(2)12(9-15)17-3/h10-13,15H,4-9H2,1-3H3. The van der Waals surface area contributed by atoms with E-state index in [1.807, 2.05) is 6.26 Å². The molecule has 1 aliphatic rings. The van der Waals surface area contributed by atoms with Gasteiger partial charge in [0.25, 0.3) is 0 Å². The lowest BCUT2D eigenvalue weighted by molar-refractivity contribution is -0.0263. The van der Waals surface area contributed by atoms with Gasteiger partial charge in [-0.1, -0.05) is 6.92 Å². The van der Waals surface area contributed by atoms with Crippen molar-refractivity contribution in [2.75, 3.05) is 45.6 Å². The molecule has 1 heterocycles. The molecule has 3 unspecified atom stereocenters. The topological polar surface area (TPSA) is 44.7 Å². The highest BCUT2D eigenvalue weighted by atomic mass is 32.2. The van der Waals surface area contributed by atoms with E-state index in [0.717, 1.165) is 32.8 Å². The molecule has 5 heteroatoms. The molecule has 2 N–H and O–H groups in total. The summed E-state index contributed by atoms with van der Waals surface area (Å²) in [4.78, 5) is 2.42. The minimum atomic E-state index is 0.224. The summed E-state index contributed by atoms with van der Waals surface area (Å²) in [6.45, 7) is 9.40. The van der Waals surface area contributed by atoms with Gasteiger partial charge in [-0.15, -0.1) is 0 Å². The van der Waals surface area contributed by atoms with Gasteiger partial charge in [0, 0.05) is 30.9 Å². The highest BCUT2D eigenvalue weighted by Gasteiger charge is 2.21. The predicted molar refractivity (Wildman–Crippen MR) is 73.7 cm³/mol. The maximum atomic E-state index is 9.21. The third-order valence-corrected chi connectivity index (χ3v) is 4.54. The Kier molecular flexibility index (Phi) is 7.46. The Morgan fingerprint density at radius 1 is 1.59 bits per heavy atom. The lowest BCUT2D eigenvalue weighted by Gasteiger charge is -2.33. The molecule has 1 saturated heterocycles. The van der Waals surface area contributed by atoms with Crippen molar-refractivity contribution < 1.29 is 9.84 Å². The Morgan fingerprint density at radius 2 is 2.35 bits per heavy atom. The minimum Gasteiger partial charge on any atom is -0.395 e. The number of aliphatic hydroxyl groups excluding tert-OH is 1. The average molecular weight is 262 g/mol. The molecule has 1 aliphatic heterocycles. The highest BCUT2D eigenvalue weighted by Crippen LogP contribution is 2.11. The van der Waals surface area contributed by atoms with Crippen LogP contribution in [0.25, 0.3) is 0 Å². The van der Waals surface area contributed by atoms with Crippen LogP contribution in [0, 0.1) is 0 Å². The van der Waals surface area contributed by atoms with E-state index in [-0.39, 0.29) is 18.0 Å². The number of morpholine rings is 1. The molecule has 1 fully saturated rings. The van der Waals surface area contributed by atoms with Crippen molar-refractivity contribution in [3.05, 3.63) is 0 Å². The third kappa shape index (κ3) is 5.14. The van der Waals surface area contributed by atoms with Gasteiger partial charge in [0.1, 0.15) is 0 Å². The lowest BCUT2D eigenvalue weighted by atomic mass is 10.2. The van der Waals surface area contributed by atoms with Crippen molar-refractivity contribution in [3.8, 4) is 0 Å².